The molecule has 0 bridgehead atoms. The number of aliphatic hydroxyl groups is 2. The fourth-order valence-corrected chi connectivity index (χ4v) is 1.30. The van der Waals surface area contributed by atoms with Crippen LogP contribution < -0.4 is 11.2 Å². The summed E-state index contributed by atoms with van der Waals surface area (Å²) in [6.45, 7) is -2.34. The van der Waals surface area contributed by atoms with E-state index >= 15 is 0 Å². The zero-order valence-corrected chi connectivity index (χ0v) is 8.72. The van der Waals surface area contributed by atoms with E-state index in [0.29, 0.717) is 4.57 Å². The largest absolute Gasteiger partial charge is 0.394 e. The highest BCUT2D eigenvalue weighted by molar-refractivity contribution is 5.02. The van der Waals surface area contributed by atoms with Crippen molar-refractivity contribution in [2.24, 2.45) is 0 Å². The highest BCUT2D eigenvalue weighted by atomic mass is 16.5. The van der Waals surface area contributed by atoms with Crippen LogP contribution >= 0.6 is 0 Å². The zero-order valence-electron chi connectivity index (χ0n) is 14.7. The first-order chi connectivity index (χ1) is 10.2. The first kappa shape index (κ1) is 6.48. The van der Waals surface area contributed by atoms with Crippen LogP contribution in [0, 0.1) is 6.92 Å². The lowest BCUT2D eigenvalue weighted by Crippen LogP contribution is -2.33. The Morgan fingerprint density at radius 3 is 3.12 bits per heavy atom. The van der Waals surface area contributed by atoms with E-state index in [9.17, 15) is 19.8 Å². The maximum absolute atomic E-state index is 11.9. The van der Waals surface area contributed by atoms with E-state index in [0.717, 1.165) is 6.20 Å². The number of nitrogens with zero attached hydrogens (tertiary/aromatic N) is 1. The normalized spacial score (nSPS) is 51.8. The number of hydrogen-bond donors (Lipinski definition) is 3. The molecule has 17 heavy (non-hydrogen) atoms. The molecule has 7 heteroatoms. The first-order valence-electron chi connectivity index (χ1n) is 7.66. The lowest BCUT2D eigenvalue weighted by Gasteiger charge is -2.14. The molecule has 0 aromatic carbocycles. The average Bonchev–Trinajstić information content (AvgIpc) is 2.53. The van der Waals surface area contributed by atoms with Crippen molar-refractivity contribution in [3.63, 3.8) is 0 Å². The molecular formula is C10H14N2O5. The summed E-state index contributed by atoms with van der Waals surface area (Å²) < 4.78 is 50.6. The van der Waals surface area contributed by atoms with Crippen LogP contribution in [0.4, 0.5) is 0 Å². The van der Waals surface area contributed by atoms with Crippen LogP contribution in [0.2, 0.25) is 0 Å². The number of aromatic amines is 1. The van der Waals surface area contributed by atoms with Gasteiger partial charge in [0.1, 0.15) is 12.3 Å². The molecule has 0 spiro atoms. The van der Waals surface area contributed by atoms with Crippen LogP contribution in [-0.2, 0) is 4.74 Å². The maximum atomic E-state index is 11.9. The van der Waals surface area contributed by atoms with Crippen molar-refractivity contribution in [2.75, 3.05) is 6.56 Å². The van der Waals surface area contributed by atoms with Crippen LogP contribution in [0.25, 0.3) is 0 Å². The maximum Gasteiger partial charge on any atom is 0.330 e. The van der Waals surface area contributed by atoms with E-state index in [1.807, 2.05) is 4.98 Å². The highest BCUT2D eigenvalue weighted by Crippen LogP contribution is 2.27. The zero-order chi connectivity index (χ0) is 18.0. The second-order valence-electron chi connectivity index (χ2n) is 3.35. The molecule has 1 saturated heterocycles. The number of aryl methyl sites for hydroxylation is 1. The topological polar surface area (TPSA) is 105 Å². The molecule has 0 saturated carbocycles. The summed E-state index contributed by atoms with van der Waals surface area (Å²) in [6, 6.07) is 0. The summed E-state index contributed by atoms with van der Waals surface area (Å²) in [6.07, 6.45) is -11.3. The second-order valence-corrected chi connectivity index (χ2v) is 3.35. The quantitative estimate of drug-likeness (QED) is 0.590. The van der Waals surface area contributed by atoms with Gasteiger partial charge in [-0.05, 0) is 6.92 Å². The van der Waals surface area contributed by atoms with Gasteiger partial charge in [-0.2, -0.15) is 0 Å². The average molecular weight is 248 g/mol. The van der Waals surface area contributed by atoms with Crippen molar-refractivity contribution < 1.29 is 23.2 Å². The van der Waals surface area contributed by atoms with E-state index in [-0.39, 0.29) is 5.56 Å². The third-order valence-electron chi connectivity index (χ3n) is 2.16. The van der Waals surface area contributed by atoms with Crippen molar-refractivity contribution in [1.82, 2.24) is 9.55 Å². The number of ether oxygens (including phenoxy) is 1. The second kappa shape index (κ2) is 4.44. The monoisotopic (exact) mass is 248 g/mol. The Hall–Kier alpha value is -1.44. The number of rotatable bonds is 2. The van der Waals surface area contributed by atoms with Gasteiger partial charge in [0.15, 0.2) is 0 Å². The summed E-state index contributed by atoms with van der Waals surface area (Å²) >= 11 is 0. The van der Waals surface area contributed by atoms with Crippen LogP contribution in [0.3, 0.4) is 0 Å². The fraction of sp³-hybridized carbons (Fsp3) is 0.600. The Morgan fingerprint density at radius 2 is 2.53 bits per heavy atom. The van der Waals surface area contributed by atoms with Gasteiger partial charge in [0.05, 0.1) is 19.5 Å². The smallest absolute Gasteiger partial charge is 0.330 e. The van der Waals surface area contributed by atoms with Crippen LogP contribution in [0.1, 0.15) is 26.4 Å². The van der Waals surface area contributed by atoms with Gasteiger partial charge in [0.25, 0.3) is 5.56 Å². The Bertz CT molecular complexity index is 757. The predicted octanol–water partition coefficient (Wildman–Crippen LogP) is -1.51. The minimum atomic E-state index is -3.62. The van der Waals surface area contributed by atoms with Gasteiger partial charge in [-0.1, -0.05) is 0 Å². The summed E-state index contributed by atoms with van der Waals surface area (Å²) in [5.41, 5.74) is -2.05. The number of hydrogen-bond acceptors (Lipinski definition) is 5. The van der Waals surface area contributed by atoms with Crippen LogP contribution in [0.15, 0.2) is 15.8 Å². The minimum absolute atomic E-state index is 0.0602. The van der Waals surface area contributed by atoms with Crippen molar-refractivity contribution in [3.8, 4) is 0 Å². The number of H-pyrrole nitrogens is 1. The third-order valence-corrected chi connectivity index (χ3v) is 2.16. The molecule has 1 unspecified atom stereocenters. The molecular weight excluding hydrogens is 228 g/mol. The SMILES string of the molecule is [2H]C1[C@@]([2H])(n2cc(C)c(=O)[nH]c2=O)O[C@@]([2H])(C([2H])([2H])O)[C@]1([2H])O. The molecule has 1 aromatic heterocycles. The standard InChI is InChI=1S/C10H14N2O5/c1-5-3-12(10(16)11-9(5)15)8-2-6(14)7(4-13)17-8/h3,6-8,13-14H,2,4H2,1H3,(H,11,15,16)/t6-,7+,8+/m1/s1/i2D,4D2,6D,7D,8D/t2?,6-,7+,8+. The molecule has 1 aromatic rings. The molecule has 1 fully saturated rings. The highest BCUT2D eigenvalue weighted by Gasteiger charge is 2.34. The van der Waals surface area contributed by atoms with Crippen molar-refractivity contribution in [3.05, 3.63) is 32.6 Å². The van der Waals surface area contributed by atoms with Gasteiger partial charge < -0.3 is 14.9 Å². The lowest BCUT2D eigenvalue weighted by molar-refractivity contribution is -0.0459. The molecule has 4 atom stereocenters. The Morgan fingerprint density at radius 1 is 1.82 bits per heavy atom. The molecule has 94 valence electrons. The number of nitrogens with one attached hydrogen (secondary N) is 1. The van der Waals surface area contributed by atoms with Gasteiger partial charge in [-0.3, -0.25) is 14.3 Å². The van der Waals surface area contributed by atoms with E-state index in [1.54, 1.807) is 0 Å². The molecule has 0 amide bonds. The first-order valence-corrected chi connectivity index (χ1v) is 4.59. The van der Waals surface area contributed by atoms with Crippen LogP contribution in [0.5, 0.6) is 0 Å². The van der Waals surface area contributed by atoms with E-state index in [2.05, 4.69) is 0 Å². The molecule has 0 aliphatic carbocycles. The molecule has 0 radical (unpaired) electrons. The molecule has 7 nitrogen and oxygen atoms in total. The number of aromatic nitrogens is 2. The molecule has 1 aliphatic heterocycles. The van der Waals surface area contributed by atoms with E-state index in [1.165, 1.54) is 6.92 Å². The van der Waals surface area contributed by atoms with Crippen molar-refractivity contribution in [1.29, 1.82) is 0 Å². The summed E-state index contributed by atoms with van der Waals surface area (Å²) in [7, 11) is 0. The Kier molecular flexibility index (Phi) is 1.69. The predicted molar refractivity (Wildman–Crippen MR) is 57.7 cm³/mol. The summed E-state index contributed by atoms with van der Waals surface area (Å²) in [5, 5.41) is 19.4. The fourth-order valence-electron chi connectivity index (χ4n) is 1.30. The van der Waals surface area contributed by atoms with Gasteiger partial charge in [0.2, 0.25) is 0 Å². The van der Waals surface area contributed by atoms with Gasteiger partial charge in [-0.25, -0.2) is 4.79 Å². The van der Waals surface area contributed by atoms with Gasteiger partial charge >= 0.3 is 5.69 Å². The van der Waals surface area contributed by atoms with Crippen LogP contribution in [-0.4, -0.2) is 38.5 Å². The Balaban J connectivity index is 2.72. The summed E-state index contributed by atoms with van der Waals surface area (Å²) in [4.78, 5) is 25.1. The molecule has 1 aliphatic rings. The Labute approximate surface area is 105 Å². The van der Waals surface area contributed by atoms with Gasteiger partial charge in [0, 0.05) is 19.5 Å². The minimum Gasteiger partial charge on any atom is -0.394 e. The van der Waals surface area contributed by atoms with E-state index < -0.39 is 42.6 Å². The van der Waals surface area contributed by atoms with Gasteiger partial charge in [-0.15, -0.1) is 0 Å². The van der Waals surface area contributed by atoms with E-state index in [4.69, 9.17) is 13.0 Å². The molecule has 2 rings (SSSR count). The van der Waals surface area contributed by atoms with Crippen molar-refractivity contribution in [2.45, 2.75) is 31.7 Å². The van der Waals surface area contributed by atoms with Crippen molar-refractivity contribution >= 4 is 0 Å². The molecule has 3 N–H and O–H groups in total. The summed E-state index contributed by atoms with van der Waals surface area (Å²) in [5.74, 6) is 0. The third kappa shape index (κ3) is 2.17. The molecule has 2 heterocycles. The lowest BCUT2D eigenvalue weighted by atomic mass is 10.2.